The van der Waals surface area contributed by atoms with Crippen LogP contribution in [-0.2, 0) is 11.2 Å². The Hall–Kier alpha value is -0.930. The second-order valence-electron chi connectivity index (χ2n) is 5.23. The van der Waals surface area contributed by atoms with E-state index >= 15 is 0 Å². The van der Waals surface area contributed by atoms with Gasteiger partial charge in [0.2, 0.25) is 0 Å². The molecular weight excluding hydrogens is 309 g/mol. The third-order valence-electron chi connectivity index (χ3n) is 3.37. The molecule has 0 bridgehead atoms. The average molecular weight is 332 g/mol. The van der Waals surface area contributed by atoms with Gasteiger partial charge in [0.1, 0.15) is 5.75 Å². The van der Waals surface area contributed by atoms with Crippen LogP contribution in [-0.4, -0.2) is 35.3 Å². The summed E-state index contributed by atoms with van der Waals surface area (Å²) < 4.78 is 5.13. The minimum absolute atomic E-state index is 0.110. The van der Waals surface area contributed by atoms with E-state index < -0.39 is 4.84 Å². The molecule has 0 saturated carbocycles. The maximum absolute atomic E-state index is 11.9. The van der Waals surface area contributed by atoms with E-state index in [0.29, 0.717) is 6.54 Å². The Labute approximate surface area is 137 Å². The molecule has 0 spiro atoms. The van der Waals surface area contributed by atoms with Crippen LogP contribution in [0.3, 0.4) is 0 Å². The highest BCUT2D eigenvalue weighted by molar-refractivity contribution is 6.53. The number of carbonyl (C=O) groups is 1. The van der Waals surface area contributed by atoms with Gasteiger partial charge in [-0.25, -0.2) is 0 Å². The molecule has 0 fully saturated rings. The molecule has 0 heterocycles. The summed E-state index contributed by atoms with van der Waals surface area (Å²) in [6.45, 7) is 4.62. The number of methoxy groups -OCH3 is 1. The Bertz CT molecular complexity index is 432. The number of unbranched alkanes of at least 4 members (excludes halogenated alkanes) is 1. The number of hydrogen-bond donors (Lipinski definition) is 0. The van der Waals surface area contributed by atoms with Gasteiger partial charge in [-0.15, -0.1) is 0 Å². The fourth-order valence-electron chi connectivity index (χ4n) is 2.15. The van der Waals surface area contributed by atoms with Gasteiger partial charge in [0, 0.05) is 12.6 Å². The predicted molar refractivity (Wildman–Crippen MR) is 88.3 cm³/mol. The quantitative estimate of drug-likeness (QED) is 0.531. The number of ether oxygens (including phenoxy) is 1. The van der Waals surface area contributed by atoms with Crippen molar-refractivity contribution in [3.05, 3.63) is 29.8 Å². The van der Waals surface area contributed by atoms with E-state index in [0.717, 1.165) is 25.0 Å². The van der Waals surface area contributed by atoms with Gasteiger partial charge in [-0.3, -0.25) is 4.79 Å². The van der Waals surface area contributed by atoms with Gasteiger partial charge in [0.05, 0.1) is 7.11 Å². The number of benzene rings is 1. The monoisotopic (exact) mass is 331 g/mol. The van der Waals surface area contributed by atoms with Crippen LogP contribution in [0.15, 0.2) is 24.3 Å². The zero-order valence-corrected chi connectivity index (χ0v) is 14.3. The molecule has 0 N–H and O–H groups in total. The van der Waals surface area contributed by atoms with Gasteiger partial charge in [-0.2, -0.15) is 0 Å². The molecule has 1 aromatic carbocycles. The van der Waals surface area contributed by atoms with E-state index in [1.807, 2.05) is 26.0 Å². The van der Waals surface area contributed by atoms with E-state index in [2.05, 4.69) is 12.1 Å². The normalized spacial score (nSPS) is 11.0. The van der Waals surface area contributed by atoms with Crippen LogP contribution >= 0.6 is 23.2 Å². The number of alkyl halides is 2. The van der Waals surface area contributed by atoms with Gasteiger partial charge < -0.3 is 9.64 Å². The van der Waals surface area contributed by atoms with Crippen LogP contribution in [0.25, 0.3) is 0 Å². The van der Waals surface area contributed by atoms with Gasteiger partial charge in [-0.05, 0) is 50.8 Å². The Morgan fingerprint density at radius 3 is 2.29 bits per heavy atom. The van der Waals surface area contributed by atoms with E-state index in [1.165, 1.54) is 5.56 Å². The van der Waals surface area contributed by atoms with Crippen LogP contribution in [0.5, 0.6) is 5.75 Å². The molecule has 0 atom stereocenters. The second-order valence-corrected chi connectivity index (χ2v) is 6.33. The van der Waals surface area contributed by atoms with Gasteiger partial charge >= 0.3 is 0 Å². The Balaban J connectivity index is 2.38. The van der Waals surface area contributed by atoms with Crippen molar-refractivity contribution >= 4 is 29.1 Å². The van der Waals surface area contributed by atoms with Crippen LogP contribution in [0, 0.1) is 0 Å². The number of amides is 1. The molecule has 118 valence electrons. The Morgan fingerprint density at radius 2 is 1.81 bits per heavy atom. The summed E-state index contributed by atoms with van der Waals surface area (Å²) in [4.78, 5) is 12.6. The van der Waals surface area contributed by atoms with Crippen molar-refractivity contribution in [3.63, 3.8) is 0 Å². The summed E-state index contributed by atoms with van der Waals surface area (Å²) in [5, 5.41) is 0. The zero-order chi connectivity index (χ0) is 15.8. The molecule has 1 amide bonds. The molecular formula is C16H23Cl2NO2. The van der Waals surface area contributed by atoms with Crippen molar-refractivity contribution in [2.45, 2.75) is 44.0 Å². The molecule has 0 aliphatic carbocycles. The van der Waals surface area contributed by atoms with Crippen molar-refractivity contribution in [2.75, 3.05) is 13.7 Å². The second kappa shape index (κ2) is 9.16. The topological polar surface area (TPSA) is 29.5 Å². The average Bonchev–Trinajstić information content (AvgIpc) is 2.46. The molecule has 0 saturated heterocycles. The lowest BCUT2D eigenvalue weighted by molar-refractivity contribution is -0.131. The number of nitrogens with zero attached hydrogens (tertiary/aromatic N) is 1. The fraction of sp³-hybridized carbons (Fsp3) is 0.562. The highest BCUT2D eigenvalue weighted by Crippen LogP contribution is 2.15. The van der Waals surface area contributed by atoms with E-state index in [1.54, 1.807) is 12.0 Å². The largest absolute Gasteiger partial charge is 0.497 e. The number of carbonyl (C=O) groups excluding carboxylic acids is 1. The molecule has 0 aliphatic rings. The molecule has 1 aromatic rings. The fourth-order valence-corrected chi connectivity index (χ4v) is 2.40. The van der Waals surface area contributed by atoms with Gasteiger partial charge in [0.15, 0.2) is 4.84 Å². The number of aryl methyl sites for hydroxylation is 1. The van der Waals surface area contributed by atoms with E-state index in [9.17, 15) is 4.79 Å². The first-order valence-electron chi connectivity index (χ1n) is 7.17. The highest BCUT2D eigenvalue weighted by Gasteiger charge is 2.21. The molecule has 0 aromatic heterocycles. The minimum atomic E-state index is -0.978. The smallest absolute Gasteiger partial charge is 0.256 e. The van der Waals surface area contributed by atoms with Crippen LogP contribution < -0.4 is 4.74 Å². The van der Waals surface area contributed by atoms with Crippen LogP contribution in [0.4, 0.5) is 0 Å². The summed E-state index contributed by atoms with van der Waals surface area (Å²) in [6.07, 6.45) is 2.92. The molecule has 0 unspecified atom stereocenters. The summed E-state index contributed by atoms with van der Waals surface area (Å²) in [6, 6.07) is 8.17. The maximum Gasteiger partial charge on any atom is 0.256 e. The molecule has 3 nitrogen and oxygen atoms in total. The summed E-state index contributed by atoms with van der Waals surface area (Å²) in [7, 11) is 1.66. The van der Waals surface area contributed by atoms with Crippen LogP contribution in [0.1, 0.15) is 32.3 Å². The third kappa shape index (κ3) is 6.15. The van der Waals surface area contributed by atoms with Crippen molar-refractivity contribution in [1.82, 2.24) is 4.90 Å². The SMILES string of the molecule is COc1ccc(CCCCN(C(=O)C(Cl)Cl)C(C)C)cc1. The lowest BCUT2D eigenvalue weighted by atomic mass is 10.1. The number of halogens is 2. The Morgan fingerprint density at radius 1 is 1.19 bits per heavy atom. The number of hydrogen-bond acceptors (Lipinski definition) is 2. The summed E-state index contributed by atoms with van der Waals surface area (Å²) >= 11 is 11.3. The summed E-state index contributed by atoms with van der Waals surface area (Å²) in [5.41, 5.74) is 1.27. The molecule has 1 rings (SSSR count). The lowest BCUT2D eigenvalue weighted by Crippen LogP contribution is -2.40. The van der Waals surface area contributed by atoms with Crippen molar-refractivity contribution in [3.8, 4) is 5.75 Å². The van der Waals surface area contributed by atoms with Crippen molar-refractivity contribution < 1.29 is 9.53 Å². The zero-order valence-electron chi connectivity index (χ0n) is 12.8. The molecule has 21 heavy (non-hydrogen) atoms. The first-order valence-corrected chi connectivity index (χ1v) is 8.04. The third-order valence-corrected chi connectivity index (χ3v) is 3.74. The van der Waals surface area contributed by atoms with Crippen LogP contribution in [0.2, 0.25) is 0 Å². The van der Waals surface area contributed by atoms with Crippen molar-refractivity contribution in [1.29, 1.82) is 0 Å². The predicted octanol–water partition coefficient (Wildman–Crippen LogP) is 4.06. The van der Waals surface area contributed by atoms with Gasteiger partial charge in [0.25, 0.3) is 5.91 Å². The van der Waals surface area contributed by atoms with Gasteiger partial charge in [-0.1, -0.05) is 35.3 Å². The number of rotatable bonds is 8. The maximum atomic E-state index is 11.9. The molecule has 5 heteroatoms. The Kier molecular flexibility index (Phi) is 7.91. The van der Waals surface area contributed by atoms with Crippen molar-refractivity contribution in [2.24, 2.45) is 0 Å². The minimum Gasteiger partial charge on any atom is -0.497 e. The molecule has 0 aliphatic heterocycles. The molecule has 0 radical (unpaired) electrons. The van der Waals surface area contributed by atoms with E-state index in [4.69, 9.17) is 27.9 Å². The summed E-state index contributed by atoms with van der Waals surface area (Å²) in [5.74, 6) is 0.656. The lowest BCUT2D eigenvalue weighted by Gasteiger charge is -2.27. The highest BCUT2D eigenvalue weighted by atomic mass is 35.5. The standard InChI is InChI=1S/C16H23Cl2NO2/c1-12(2)19(16(20)15(17)18)11-5-4-6-13-7-9-14(21-3)10-8-13/h7-10,12,15H,4-6,11H2,1-3H3. The first kappa shape index (κ1) is 18.1. The first-order chi connectivity index (χ1) is 9.95. The van der Waals surface area contributed by atoms with E-state index in [-0.39, 0.29) is 11.9 Å².